The molecule has 1 amide bonds. The number of likely N-dealkylation sites (tertiary alicyclic amines) is 1. The van der Waals surface area contributed by atoms with Crippen LogP contribution in [0.3, 0.4) is 0 Å². The third-order valence-electron chi connectivity index (χ3n) is 5.53. The van der Waals surface area contributed by atoms with E-state index in [1.165, 1.54) is 6.42 Å². The summed E-state index contributed by atoms with van der Waals surface area (Å²) in [6.07, 6.45) is 7.62. The highest BCUT2D eigenvalue weighted by Crippen LogP contribution is 2.63. The van der Waals surface area contributed by atoms with Crippen molar-refractivity contribution >= 4 is 23.4 Å². The van der Waals surface area contributed by atoms with E-state index in [-0.39, 0.29) is 11.6 Å². The molecule has 1 saturated carbocycles. The summed E-state index contributed by atoms with van der Waals surface area (Å²) in [4.78, 5) is 25.2. The molecule has 3 atom stereocenters. The van der Waals surface area contributed by atoms with Gasteiger partial charge in [-0.25, -0.2) is 4.98 Å². The molecule has 1 aliphatic carbocycles. The summed E-state index contributed by atoms with van der Waals surface area (Å²) < 4.78 is 1.73. The number of aromatic nitrogens is 4. The molecule has 1 N–H and O–H groups in total. The minimum absolute atomic E-state index is 0.129. The number of amides is 1. The van der Waals surface area contributed by atoms with Crippen LogP contribution in [-0.2, 0) is 11.8 Å². The lowest BCUT2D eigenvalue weighted by Gasteiger charge is -2.35. The predicted molar refractivity (Wildman–Crippen MR) is 87.6 cm³/mol. The van der Waals surface area contributed by atoms with E-state index < -0.39 is 0 Å². The number of carbonyl (C=O) groups is 1. The van der Waals surface area contributed by atoms with E-state index in [4.69, 9.17) is 0 Å². The lowest BCUT2D eigenvalue weighted by molar-refractivity contribution is -0.126. The maximum Gasteiger partial charge on any atom is 0.229 e. The molecular formula is C16H19N7O. The van der Waals surface area contributed by atoms with Crippen molar-refractivity contribution < 1.29 is 4.79 Å². The first kappa shape index (κ1) is 13.8. The van der Waals surface area contributed by atoms with Crippen molar-refractivity contribution in [2.75, 3.05) is 16.8 Å². The standard InChI is InChI=1S/C16H19N7O/c1-10(24)23-14-11-3-5-16(14,23)22(8-11)13-4-6-17-15(20-13)19-12-7-18-21(2)9-12/h4,6-7,9,11,14H,3,5,8H2,1-2H3,(H,17,19,20)/t11?,14-,16?,23?/m1/s1. The van der Waals surface area contributed by atoms with Crippen molar-refractivity contribution in [3.05, 3.63) is 24.7 Å². The molecule has 3 aliphatic rings. The minimum Gasteiger partial charge on any atom is -0.331 e. The second-order valence-electron chi connectivity index (χ2n) is 6.89. The van der Waals surface area contributed by atoms with Gasteiger partial charge in [0.05, 0.1) is 17.9 Å². The van der Waals surface area contributed by atoms with Gasteiger partial charge in [-0.1, -0.05) is 0 Å². The molecule has 0 radical (unpaired) electrons. The molecule has 2 aliphatic heterocycles. The van der Waals surface area contributed by atoms with Gasteiger partial charge in [0.2, 0.25) is 11.9 Å². The van der Waals surface area contributed by atoms with E-state index in [0.717, 1.165) is 24.5 Å². The van der Waals surface area contributed by atoms with E-state index >= 15 is 0 Å². The van der Waals surface area contributed by atoms with E-state index in [1.54, 1.807) is 24.0 Å². The van der Waals surface area contributed by atoms with Gasteiger partial charge in [-0.05, 0) is 18.9 Å². The van der Waals surface area contributed by atoms with Gasteiger partial charge >= 0.3 is 0 Å². The second-order valence-corrected chi connectivity index (χ2v) is 6.89. The van der Waals surface area contributed by atoms with E-state index in [1.807, 2.05) is 24.2 Å². The topological polar surface area (TPSA) is 79.0 Å². The van der Waals surface area contributed by atoms with Crippen LogP contribution in [0.2, 0.25) is 0 Å². The van der Waals surface area contributed by atoms with Gasteiger partial charge in [0.1, 0.15) is 11.5 Å². The van der Waals surface area contributed by atoms with Crippen LogP contribution in [0.15, 0.2) is 24.7 Å². The van der Waals surface area contributed by atoms with Crippen molar-refractivity contribution in [1.29, 1.82) is 0 Å². The van der Waals surface area contributed by atoms with Gasteiger partial charge in [-0.3, -0.25) is 9.48 Å². The Morgan fingerprint density at radius 3 is 3.00 bits per heavy atom. The normalized spacial score (nSPS) is 29.8. The maximum absolute atomic E-state index is 11.9. The van der Waals surface area contributed by atoms with Gasteiger partial charge in [0, 0.05) is 38.8 Å². The average Bonchev–Trinajstić information content (AvgIpc) is 2.85. The fourth-order valence-electron chi connectivity index (χ4n) is 4.70. The number of aryl methyl sites for hydroxylation is 1. The maximum atomic E-state index is 11.9. The SMILES string of the molecule is CC(=O)N1[C@@H]2C3CCC21N(c1ccnc(Nc2cnn(C)c2)n1)C3. The lowest BCUT2D eigenvalue weighted by atomic mass is 10.1. The third-order valence-corrected chi connectivity index (χ3v) is 5.53. The van der Waals surface area contributed by atoms with E-state index in [2.05, 4.69) is 25.3 Å². The van der Waals surface area contributed by atoms with Crippen LogP contribution in [0, 0.1) is 5.92 Å². The molecule has 124 valence electrons. The molecule has 8 nitrogen and oxygen atoms in total. The number of rotatable bonds is 3. The zero-order valence-corrected chi connectivity index (χ0v) is 13.7. The third kappa shape index (κ3) is 1.68. The van der Waals surface area contributed by atoms with Gasteiger partial charge < -0.3 is 15.1 Å². The van der Waals surface area contributed by atoms with Crippen molar-refractivity contribution in [3.63, 3.8) is 0 Å². The molecule has 8 heteroatoms. The molecule has 24 heavy (non-hydrogen) atoms. The zero-order valence-electron chi connectivity index (χ0n) is 13.7. The number of nitrogens with zero attached hydrogens (tertiary/aromatic N) is 6. The fraction of sp³-hybridized carbons (Fsp3) is 0.500. The highest BCUT2D eigenvalue weighted by atomic mass is 16.2. The van der Waals surface area contributed by atoms with Gasteiger partial charge in [0.15, 0.2) is 0 Å². The summed E-state index contributed by atoms with van der Waals surface area (Å²) in [6, 6.07) is 2.30. The molecule has 2 saturated heterocycles. The van der Waals surface area contributed by atoms with Crippen LogP contribution >= 0.6 is 0 Å². The van der Waals surface area contributed by atoms with Crippen molar-refractivity contribution in [1.82, 2.24) is 24.6 Å². The summed E-state index contributed by atoms with van der Waals surface area (Å²) in [5, 5.41) is 7.31. The summed E-state index contributed by atoms with van der Waals surface area (Å²) in [6.45, 7) is 2.63. The highest BCUT2D eigenvalue weighted by molar-refractivity contribution is 5.81. The van der Waals surface area contributed by atoms with Crippen molar-refractivity contribution in [3.8, 4) is 0 Å². The van der Waals surface area contributed by atoms with Crippen LogP contribution in [0.1, 0.15) is 19.8 Å². The number of hydrogen-bond donors (Lipinski definition) is 1. The first-order valence-corrected chi connectivity index (χ1v) is 8.26. The molecular weight excluding hydrogens is 306 g/mol. The Hall–Kier alpha value is -2.64. The quantitative estimate of drug-likeness (QED) is 0.852. The number of hydrogen-bond acceptors (Lipinski definition) is 6. The Morgan fingerprint density at radius 2 is 2.33 bits per heavy atom. The molecule has 2 bridgehead atoms. The molecule has 2 aromatic heterocycles. The molecule has 2 aromatic rings. The van der Waals surface area contributed by atoms with Gasteiger partial charge in [-0.15, -0.1) is 0 Å². The number of anilines is 3. The molecule has 0 aromatic carbocycles. The van der Waals surface area contributed by atoms with Crippen LogP contribution in [0.4, 0.5) is 17.5 Å². The Morgan fingerprint density at radius 1 is 1.46 bits per heavy atom. The summed E-state index contributed by atoms with van der Waals surface area (Å²) in [5.41, 5.74) is 0.724. The monoisotopic (exact) mass is 325 g/mol. The summed E-state index contributed by atoms with van der Waals surface area (Å²) in [7, 11) is 1.87. The average molecular weight is 325 g/mol. The summed E-state index contributed by atoms with van der Waals surface area (Å²) >= 11 is 0. The summed E-state index contributed by atoms with van der Waals surface area (Å²) in [5.74, 6) is 2.16. The fourth-order valence-corrected chi connectivity index (χ4v) is 4.70. The number of piperidine rings is 2. The minimum atomic E-state index is -0.129. The first-order valence-electron chi connectivity index (χ1n) is 8.26. The van der Waals surface area contributed by atoms with Crippen LogP contribution in [0.5, 0.6) is 0 Å². The zero-order chi connectivity index (χ0) is 16.5. The Bertz CT molecular complexity index is 833. The van der Waals surface area contributed by atoms with Crippen molar-refractivity contribution in [2.24, 2.45) is 13.0 Å². The Labute approximate surface area is 139 Å². The van der Waals surface area contributed by atoms with Gasteiger partial charge in [0.25, 0.3) is 0 Å². The lowest BCUT2D eigenvalue weighted by Crippen LogP contribution is -2.45. The predicted octanol–water partition coefficient (Wildman–Crippen LogP) is 1.11. The first-order chi connectivity index (χ1) is 11.6. The Kier molecular flexibility index (Phi) is 2.56. The Balaban J connectivity index is 1.44. The molecule has 0 spiro atoms. The van der Waals surface area contributed by atoms with Gasteiger partial charge in [-0.2, -0.15) is 10.1 Å². The van der Waals surface area contributed by atoms with Crippen LogP contribution in [-0.4, -0.2) is 48.8 Å². The van der Waals surface area contributed by atoms with Crippen LogP contribution in [0.25, 0.3) is 0 Å². The molecule has 2 unspecified atom stereocenters. The van der Waals surface area contributed by atoms with E-state index in [9.17, 15) is 4.79 Å². The smallest absolute Gasteiger partial charge is 0.229 e. The number of nitrogens with one attached hydrogen (secondary N) is 1. The second kappa shape index (κ2) is 4.46. The van der Waals surface area contributed by atoms with Crippen LogP contribution < -0.4 is 10.2 Å². The number of carbonyl (C=O) groups excluding carboxylic acids is 1. The molecule has 5 rings (SSSR count). The van der Waals surface area contributed by atoms with Crippen molar-refractivity contribution in [2.45, 2.75) is 31.5 Å². The van der Waals surface area contributed by atoms with E-state index in [0.29, 0.717) is 17.9 Å². The largest absolute Gasteiger partial charge is 0.331 e. The molecule has 3 fully saturated rings. The highest BCUT2D eigenvalue weighted by Gasteiger charge is 2.78. The molecule has 4 heterocycles.